The lowest BCUT2D eigenvalue weighted by Crippen LogP contribution is -2.39. The van der Waals surface area contributed by atoms with Gasteiger partial charge in [-0.25, -0.2) is 8.42 Å². The van der Waals surface area contributed by atoms with E-state index in [4.69, 9.17) is 9.40 Å². The van der Waals surface area contributed by atoms with Crippen molar-refractivity contribution < 1.29 is 17.6 Å². The van der Waals surface area contributed by atoms with Gasteiger partial charge < -0.3 is 9.32 Å². The highest BCUT2D eigenvalue weighted by Gasteiger charge is 2.27. The number of hydrogen-bond donors (Lipinski definition) is 0. The first-order valence-electron chi connectivity index (χ1n) is 13.5. The molecule has 0 saturated carbocycles. The molecule has 0 aliphatic heterocycles. The molecule has 0 bridgehead atoms. The summed E-state index contributed by atoms with van der Waals surface area (Å²) in [6.45, 7) is 11.9. The average molecular weight is 550 g/mol. The van der Waals surface area contributed by atoms with E-state index in [1.54, 1.807) is 30.5 Å². The summed E-state index contributed by atoms with van der Waals surface area (Å²) in [5, 5.41) is 1.73. The van der Waals surface area contributed by atoms with E-state index in [9.17, 15) is 13.2 Å². The summed E-state index contributed by atoms with van der Waals surface area (Å²) < 4.78 is 34.7. The van der Waals surface area contributed by atoms with Gasteiger partial charge in [-0.2, -0.15) is 4.31 Å². The largest absolute Gasteiger partial charge is 0.464 e. The number of sulfonamides is 1. The Morgan fingerprint density at radius 2 is 1.74 bits per heavy atom. The quantitative estimate of drug-likeness (QED) is 0.214. The molecule has 0 N–H and O–H groups in total. The average Bonchev–Trinajstić information content (AvgIpc) is 3.34. The molecule has 0 atom stereocenters. The summed E-state index contributed by atoms with van der Waals surface area (Å²) >= 11 is 0. The molecule has 8 heteroatoms. The van der Waals surface area contributed by atoms with E-state index in [0.29, 0.717) is 43.1 Å². The number of amides is 1. The topological polar surface area (TPSA) is 83.7 Å². The minimum Gasteiger partial charge on any atom is -0.464 e. The number of carbonyl (C=O) groups is 1. The fourth-order valence-corrected chi connectivity index (χ4v) is 6.16. The van der Waals surface area contributed by atoms with Gasteiger partial charge in [0, 0.05) is 36.8 Å². The van der Waals surface area contributed by atoms with Crippen molar-refractivity contribution >= 4 is 37.8 Å². The highest BCUT2D eigenvalue weighted by Crippen LogP contribution is 2.25. The van der Waals surface area contributed by atoms with Gasteiger partial charge in [-0.05, 0) is 54.2 Å². The van der Waals surface area contributed by atoms with Gasteiger partial charge in [-0.3, -0.25) is 9.78 Å². The second-order valence-electron chi connectivity index (χ2n) is 11.8. The third kappa shape index (κ3) is 7.46. The number of hydrogen-bond acceptors (Lipinski definition) is 5. The summed E-state index contributed by atoms with van der Waals surface area (Å²) in [4.78, 5) is 19.9. The first-order valence-corrected chi connectivity index (χ1v) is 15.0. The Morgan fingerprint density at radius 1 is 0.974 bits per heavy atom. The summed E-state index contributed by atoms with van der Waals surface area (Å²) in [5.41, 5.74) is 2.01. The van der Waals surface area contributed by atoms with Crippen molar-refractivity contribution in [1.82, 2.24) is 14.2 Å². The lowest BCUT2D eigenvalue weighted by molar-refractivity contribution is -0.133. The molecule has 4 rings (SSSR count). The number of nitrogens with zero attached hydrogens (tertiary/aromatic N) is 3. The van der Waals surface area contributed by atoms with Gasteiger partial charge in [-0.15, -0.1) is 0 Å². The molecule has 208 valence electrons. The number of pyridine rings is 1. The van der Waals surface area contributed by atoms with Crippen LogP contribution in [0.3, 0.4) is 0 Å². The minimum atomic E-state index is -3.84. The molecule has 2 heterocycles. The molecule has 2 aromatic heterocycles. The van der Waals surface area contributed by atoms with Crippen LogP contribution < -0.4 is 0 Å². The summed E-state index contributed by atoms with van der Waals surface area (Å²) in [7, 11) is -3.84. The standard InChI is InChI=1S/C31H39N3O4S/c1-23(2)21-33(30(35)20-31(3,4)5)16-8-17-34(22-26-12-11-24-9-6-7-10-28(24)32-26)39(36,37)27-13-14-29-25(19-27)15-18-38-29/h6-7,9-15,18-19,23H,8,16-17,20-22H2,1-5H3. The van der Waals surface area contributed by atoms with Gasteiger partial charge in [0.25, 0.3) is 0 Å². The van der Waals surface area contributed by atoms with Crippen molar-refractivity contribution in [3.05, 3.63) is 72.6 Å². The van der Waals surface area contributed by atoms with E-state index in [1.807, 2.05) is 41.3 Å². The van der Waals surface area contributed by atoms with Crippen LogP contribution in [0.2, 0.25) is 0 Å². The first-order chi connectivity index (χ1) is 18.4. The van der Waals surface area contributed by atoms with Gasteiger partial charge in [0.05, 0.1) is 28.9 Å². The molecule has 2 aromatic carbocycles. The zero-order valence-electron chi connectivity index (χ0n) is 23.6. The molecule has 0 aliphatic carbocycles. The molecule has 0 unspecified atom stereocenters. The van der Waals surface area contributed by atoms with Crippen molar-refractivity contribution in [1.29, 1.82) is 0 Å². The molecule has 4 aromatic rings. The van der Waals surface area contributed by atoms with Crippen molar-refractivity contribution in [2.75, 3.05) is 19.6 Å². The SMILES string of the molecule is CC(C)CN(CCCN(Cc1ccc2ccccc2n1)S(=O)(=O)c1ccc2occc2c1)C(=O)CC(C)(C)C. The Morgan fingerprint density at radius 3 is 2.49 bits per heavy atom. The van der Waals surface area contributed by atoms with E-state index in [-0.39, 0.29) is 29.3 Å². The lowest BCUT2D eigenvalue weighted by atomic mass is 9.91. The third-order valence-corrected chi connectivity index (χ3v) is 8.35. The highest BCUT2D eigenvalue weighted by atomic mass is 32.2. The van der Waals surface area contributed by atoms with Crippen LogP contribution in [-0.4, -0.2) is 48.1 Å². The zero-order chi connectivity index (χ0) is 28.2. The highest BCUT2D eigenvalue weighted by molar-refractivity contribution is 7.89. The van der Waals surface area contributed by atoms with E-state index >= 15 is 0 Å². The van der Waals surface area contributed by atoms with Crippen LogP contribution in [0.1, 0.15) is 53.2 Å². The Bertz CT molecular complexity index is 1540. The van der Waals surface area contributed by atoms with Gasteiger partial charge in [-0.1, -0.05) is 58.9 Å². The van der Waals surface area contributed by atoms with E-state index in [1.165, 1.54) is 4.31 Å². The zero-order valence-corrected chi connectivity index (χ0v) is 24.4. The number of benzene rings is 2. The minimum absolute atomic E-state index is 0.104. The van der Waals surface area contributed by atoms with Gasteiger partial charge in [0.2, 0.25) is 15.9 Å². The van der Waals surface area contributed by atoms with Gasteiger partial charge >= 0.3 is 0 Å². The molecule has 0 fully saturated rings. The van der Waals surface area contributed by atoms with Gasteiger partial charge in [0.15, 0.2) is 0 Å². The molecule has 0 radical (unpaired) electrons. The number of carbonyl (C=O) groups excluding carboxylic acids is 1. The van der Waals surface area contributed by atoms with Gasteiger partial charge in [0.1, 0.15) is 5.58 Å². The molecular formula is C31H39N3O4S. The molecular weight excluding hydrogens is 510 g/mol. The second kappa shape index (κ2) is 11.9. The van der Waals surface area contributed by atoms with Crippen LogP contribution in [0, 0.1) is 11.3 Å². The molecule has 0 spiro atoms. The Labute approximate surface area is 231 Å². The predicted octanol–water partition coefficient (Wildman–Crippen LogP) is 6.48. The maximum absolute atomic E-state index is 13.9. The monoisotopic (exact) mass is 549 g/mol. The molecule has 0 saturated heterocycles. The number of para-hydroxylation sites is 1. The van der Waals surface area contributed by atoms with Crippen molar-refractivity contribution in [3.8, 4) is 0 Å². The number of aromatic nitrogens is 1. The summed E-state index contributed by atoms with van der Waals surface area (Å²) in [6, 6.07) is 18.3. The molecule has 1 amide bonds. The van der Waals surface area contributed by atoms with Crippen molar-refractivity contribution in [2.24, 2.45) is 11.3 Å². The van der Waals surface area contributed by atoms with Crippen LogP contribution in [0.4, 0.5) is 0 Å². The Kier molecular flexibility index (Phi) is 8.76. The fraction of sp³-hybridized carbons (Fsp3) is 0.419. The van der Waals surface area contributed by atoms with Crippen LogP contribution in [0.25, 0.3) is 21.9 Å². The number of rotatable bonds is 11. The Hall–Kier alpha value is -3.23. The normalized spacial score (nSPS) is 12.6. The molecule has 0 aliphatic rings. The maximum atomic E-state index is 13.9. The first kappa shape index (κ1) is 28.8. The molecule has 39 heavy (non-hydrogen) atoms. The van der Waals surface area contributed by atoms with Crippen LogP contribution in [0.5, 0.6) is 0 Å². The van der Waals surface area contributed by atoms with Crippen LogP contribution >= 0.6 is 0 Å². The summed E-state index contributed by atoms with van der Waals surface area (Å²) in [6.07, 6.45) is 2.52. The van der Waals surface area contributed by atoms with Crippen molar-refractivity contribution in [2.45, 2.75) is 58.9 Å². The summed E-state index contributed by atoms with van der Waals surface area (Å²) in [5.74, 6) is 0.421. The van der Waals surface area contributed by atoms with E-state index < -0.39 is 10.0 Å². The lowest BCUT2D eigenvalue weighted by Gasteiger charge is -2.29. The second-order valence-corrected chi connectivity index (χ2v) is 13.7. The van der Waals surface area contributed by atoms with E-state index in [0.717, 1.165) is 16.3 Å². The Balaban J connectivity index is 1.59. The third-order valence-electron chi connectivity index (χ3n) is 6.51. The fourth-order valence-electron chi connectivity index (χ4n) is 4.68. The van der Waals surface area contributed by atoms with Crippen molar-refractivity contribution in [3.63, 3.8) is 0 Å². The maximum Gasteiger partial charge on any atom is 0.243 e. The van der Waals surface area contributed by atoms with Crippen LogP contribution in [0.15, 0.2) is 76.2 Å². The molecule has 7 nitrogen and oxygen atoms in total. The predicted molar refractivity (Wildman–Crippen MR) is 156 cm³/mol. The number of fused-ring (bicyclic) bond motifs is 2. The smallest absolute Gasteiger partial charge is 0.243 e. The van der Waals surface area contributed by atoms with Crippen LogP contribution in [-0.2, 0) is 21.4 Å². The van der Waals surface area contributed by atoms with E-state index in [2.05, 4.69) is 34.6 Å². The number of furan rings is 1.